The first-order valence-corrected chi connectivity index (χ1v) is 9.41. The standard InChI is InChI=1S/C16H21FN4O2S/c1-3-21-13(2)16(12-18-21)24(22,23)20-10-8-19(9-11-20)15-7-5-4-6-14(15)17/h4-7,12H,3,8-11H2,1-2H3. The van der Waals surface area contributed by atoms with E-state index in [2.05, 4.69) is 5.10 Å². The molecule has 6 nitrogen and oxygen atoms in total. The third-order valence-corrected chi connectivity index (χ3v) is 6.41. The van der Waals surface area contributed by atoms with E-state index in [4.69, 9.17) is 0 Å². The fourth-order valence-corrected chi connectivity index (χ4v) is 4.60. The summed E-state index contributed by atoms with van der Waals surface area (Å²) in [5.74, 6) is -0.283. The molecule has 0 bridgehead atoms. The van der Waals surface area contributed by atoms with Crippen molar-refractivity contribution in [1.82, 2.24) is 14.1 Å². The summed E-state index contributed by atoms with van der Waals surface area (Å²) in [6.07, 6.45) is 1.41. The highest BCUT2D eigenvalue weighted by molar-refractivity contribution is 7.89. The van der Waals surface area contributed by atoms with Gasteiger partial charge in [0.25, 0.3) is 0 Å². The van der Waals surface area contributed by atoms with Crippen molar-refractivity contribution in [2.24, 2.45) is 0 Å². The first-order valence-electron chi connectivity index (χ1n) is 7.97. The Bertz CT molecular complexity index is 826. The van der Waals surface area contributed by atoms with E-state index in [1.165, 1.54) is 16.6 Å². The predicted molar refractivity (Wildman–Crippen MR) is 90.0 cm³/mol. The van der Waals surface area contributed by atoms with Gasteiger partial charge >= 0.3 is 0 Å². The molecule has 3 rings (SSSR count). The summed E-state index contributed by atoms with van der Waals surface area (Å²) in [6, 6.07) is 6.56. The van der Waals surface area contributed by atoms with Crippen molar-refractivity contribution in [2.45, 2.75) is 25.3 Å². The van der Waals surface area contributed by atoms with Gasteiger partial charge in [-0.1, -0.05) is 12.1 Å². The second-order valence-corrected chi connectivity index (χ2v) is 7.66. The zero-order valence-corrected chi connectivity index (χ0v) is 14.6. The number of nitrogens with zero attached hydrogens (tertiary/aromatic N) is 4. The van der Waals surface area contributed by atoms with Crippen molar-refractivity contribution < 1.29 is 12.8 Å². The maximum atomic E-state index is 13.9. The molecule has 24 heavy (non-hydrogen) atoms. The molecule has 0 unspecified atom stereocenters. The van der Waals surface area contributed by atoms with Gasteiger partial charge in [-0.2, -0.15) is 9.40 Å². The second-order valence-electron chi connectivity index (χ2n) is 5.75. The van der Waals surface area contributed by atoms with Crippen LogP contribution in [0.3, 0.4) is 0 Å². The molecule has 2 heterocycles. The van der Waals surface area contributed by atoms with E-state index < -0.39 is 10.0 Å². The highest BCUT2D eigenvalue weighted by Crippen LogP contribution is 2.24. The minimum absolute atomic E-state index is 0.253. The monoisotopic (exact) mass is 352 g/mol. The van der Waals surface area contributed by atoms with Crippen molar-refractivity contribution in [1.29, 1.82) is 0 Å². The molecule has 1 aliphatic rings. The zero-order valence-electron chi connectivity index (χ0n) is 13.8. The lowest BCUT2D eigenvalue weighted by Gasteiger charge is -2.35. The van der Waals surface area contributed by atoms with Gasteiger partial charge in [0.1, 0.15) is 10.7 Å². The van der Waals surface area contributed by atoms with Crippen LogP contribution in [-0.4, -0.2) is 48.7 Å². The molecule has 0 amide bonds. The van der Waals surface area contributed by atoms with E-state index in [9.17, 15) is 12.8 Å². The van der Waals surface area contributed by atoms with Crippen LogP contribution in [0.4, 0.5) is 10.1 Å². The van der Waals surface area contributed by atoms with Crippen molar-refractivity contribution in [2.75, 3.05) is 31.1 Å². The van der Waals surface area contributed by atoms with Gasteiger partial charge in [0.15, 0.2) is 0 Å². The van der Waals surface area contributed by atoms with Crippen LogP contribution < -0.4 is 4.90 Å². The topological polar surface area (TPSA) is 58.4 Å². The number of piperazine rings is 1. The normalized spacial score (nSPS) is 16.5. The average Bonchev–Trinajstić information content (AvgIpc) is 2.97. The van der Waals surface area contributed by atoms with Crippen LogP contribution in [0.15, 0.2) is 35.4 Å². The fourth-order valence-electron chi connectivity index (χ4n) is 3.02. The number of benzene rings is 1. The van der Waals surface area contributed by atoms with Crippen molar-refractivity contribution in [3.05, 3.63) is 42.0 Å². The number of para-hydroxylation sites is 1. The summed E-state index contributed by atoms with van der Waals surface area (Å²) in [5.41, 5.74) is 1.17. The number of anilines is 1. The number of rotatable bonds is 4. The van der Waals surface area contributed by atoms with E-state index in [0.717, 1.165) is 0 Å². The van der Waals surface area contributed by atoms with Gasteiger partial charge in [-0.3, -0.25) is 4.68 Å². The smallest absolute Gasteiger partial charge is 0.246 e. The van der Waals surface area contributed by atoms with Crippen LogP contribution in [0.2, 0.25) is 0 Å². The lowest BCUT2D eigenvalue weighted by atomic mass is 10.2. The minimum atomic E-state index is -3.57. The van der Waals surface area contributed by atoms with E-state index in [1.807, 2.05) is 11.8 Å². The van der Waals surface area contributed by atoms with Crippen LogP contribution in [0.5, 0.6) is 0 Å². The lowest BCUT2D eigenvalue weighted by molar-refractivity contribution is 0.383. The average molecular weight is 352 g/mol. The number of hydrogen-bond acceptors (Lipinski definition) is 4. The number of halogens is 1. The molecule has 1 fully saturated rings. The molecule has 0 N–H and O–H groups in total. The van der Waals surface area contributed by atoms with Crippen LogP contribution in [0, 0.1) is 12.7 Å². The molecule has 1 aromatic heterocycles. The van der Waals surface area contributed by atoms with Gasteiger partial charge in [-0.25, -0.2) is 12.8 Å². The maximum absolute atomic E-state index is 13.9. The number of aromatic nitrogens is 2. The van der Waals surface area contributed by atoms with Crippen LogP contribution in [0.1, 0.15) is 12.6 Å². The van der Waals surface area contributed by atoms with Crippen LogP contribution in [0.25, 0.3) is 0 Å². The molecular weight excluding hydrogens is 331 g/mol. The summed E-state index contributed by atoms with van der Waals surface area (Å²) in [4.78, 5) is 2.13. The molecule has 0 saturated carbocycles. The van der Waals surface area contributed by atoms with E-state index in [0.29, 0.717) is 44.1 Å². The van der Waals surface area contributed by atoms with Gasteiger partial charge in [0.05, 0.1) is 17.6 Å². The summed E-state index contributed by atoms with van der Waals surface area (Å²) in [5, 5.41) is 4.12. The molecule has 2 aromatic rings. The quantitative estimate of drug-likeness (QED) is 0.843. The summed E-state index contributed by atoms with van der Waals surface area (Å²) < 4.78 is 42.7. The second kappa shape index (κ2) is 6.52. The molecule has 0 spiro atoms. The Morgan fingerprint density at radius 1 is 1.17 bits per heavy atom. The Kier molecular flexibility index (Phi) is 4.60. The molecular formula is C16H21FN4O2S. The molecule has 0 aliphatic carbocycles. The van der Waals surface area contributed by atoms with E-state index >= 15 is 0 Å². The molecule has 0 atom stereocenters. The highest BCUT2D eigenvalue weighted by atomic mass is 32.2. The molecule has 1 aliphatic heterocycles. The Morgan fingerprint density at radius 3 is 2.42 bits per heavy atom. The number of aryl methyl sites for hydroxylation is 1. The zero-order chi connectivity index (χ0) is 17.3. The van der Waals surface area contributed by atoms with Crippen molar-refractivity contribution in [3.8, 4) is 0 Å². The fraction of sp³-hybridized carbons (Fsp3) is 0.438. The van der Waals surface area contributed by atoms with E-state index in [-0.39, 0.29) is 10.7 Å². The van der Waals surface area contributed by atoms with Crippen LogP contribution in [-0.2, 0) is 16.6 Å². The summed E-state index contributed by atoms with van der Waals surface area (Å²) in [6.45, 7) is 5.88. The van der Waals surface area contributed by atoms with Crippen molar-refractivity contribution >= 4 is 15.7 Å². The SMILES string of the molecule is CCn1ncc(S(=O)(=O)N2CCN(c3ccccc3F)CC2)c1C. The molecule has 1 saturated heterocycles. The van der Waals surface area contributed by atoms with Gasteiger partial charge in [0, 0.05) is 32.7 Å². The minimum Gasteiger partial charge on any atom is -0.367 e. The number of hydrogen-bond donors (Lipinski definition) is 0. The van der Waals surface area contributed by atoms with Crippen LogP contribution >= 0.6 is 0 Å². The summed E-state index contributed by atoms with van der Waals surface area (Å²) in [7, 11) is -3.57. The third-order valence-electron chi connectivity index (χ3n) is 4.41. The molecule has 130 valence electrons. The third kappa shape index (κ3) is 2.91. The Hall–Kier alpha value is -1.93. The van der Waals surface area contributed by atoms with Gasteiger partial charge < -0.3 is 4.90 Å². The Balaban J connectivity index is 1.76. The largest absolute Gasteiger partial charge is 0.367 e. The first-order chi connectivity index (χ1) is 11.4. The molecule has 0 radical (unpaired) electrons. The predicted octanol–water partition coefficient (Wildman–Crippen LogP) is 1.86. The van der Waals surface area contributed by atoms with Gasteiger partial charge in [-0.15, -0.1) is 0 Å². The Morgan fingerprint density at radius 2 is 1.83 bits per heavy atom. The number of sulfonamides is 1. The maximum Gasteiger partial charge on any atom is 0.246 e. The van der Waals surface area contributed by atoms with Gasteiger partial charge in [0.2, 0.25) is 10.0 Å². The summed E-state index contributed by atoms with van der Waals surface area (Å²) >= 11 is 0. The molecule has 8 heteroatoms. The lowest BCUT2D eigenvalue weighted by Crippen LogP contribution is -2.49. The van der Waals surface area contributed by atoms with Crippen molar-refractivity contribution in [3.63, 3.8) is 0 Å². The van der Waals surface area contributed by atoms with E-state index in [1.54, 1.807) is 29.8 Å². The highest BCUT2D eigenvalue weighted by Gasteiger charge is 2.31. The first kappa shape index (κ1) is 16.9. The molecule has 1 aromatic carbocycles. The van der Waals surface area contributed by atoms with Gasteiger partial charge in [-0.05, 0) is 26.0 Å². The Labute approximate surface area is 141 Å².